The molecule has 0 heterocycles. The predicted octanol–water partition coefficient (Wildman–Crippen LogP) is 4.39. The maximum atomic E-state index is 11.7. The van der Waals surface area contributed by atoms with Crippen LogP contribution in [0.1, 0.15) is 5.56 Å². The summed E-state index contributed by atoms with van der Waals surface area (Å²) in [5.41, 5.74) is 2.03. The van der Waals surface area contributed by atoms with Crippen LogP contribution in [0.15, 0.2) is 54.6 Å². The van der Waals surface area contributed by atoms with Gasteiger partial charge in [-0.2, -0.15) is 11.8 Å². The first-order valence-electron chi connectivity index (χ1n) is 6.66. The number of halogens is 1. The van der Waals surface area contributed by atoms with Crippen molar-refractivity contribution in [3.63, 3.8) is 0 Å². The van der Waals surface area contributed by atoms with Crippen LogP contribution in [0.5, 0.6) is 0 Å². The number of hydrogen-bond donors (Lipinski definition) is 2. The molecule has 0 radical (unpaired) electrons. The fraction of sp³-hybridized carbons (Fsp3) is 0.188. The Morgan fingerprint density at radius 2 is 1.76 bits per heavy atom. The highest BCUT2D eigenvalue weighted by molar-refractivity contribution is 7.98. The summed E-state index contributed by atoms with van der Waals surface area (Å²) in [7, 11) is 0. The summed E-state index contributed by atoms with van der Waals surface area (Å²) in [5, 5.41) is 6.24. The molecule has 5 heteroatoms. The molecule has 0 aliphatic carbocycles. The summed E-state index contributed by atoms with van der Waals surface area (Å²) in [4.78, 5) is 11.7. The number of carbonyl (C=O) groups excluding carboxylic acids is 1. The van der Waals surface area contributed by atoms with Crippen molar-refractivity contribution in [2.24, 2.45) is 0 Å². The van der Waals surface area contributed by atoms with Gasteiger partial charge in [0.15, 0.2) is 0 Å². The van der Waals surface area contributed by atoms with Crippen LogP contribution in [0, 0.1) is 0 Å². The topological polar surface area (TPSA) is 41.1 Å². The van der Waals surface area contributed by atoms with Gasteiger partial charge < -0.3 is 10.6 Å². The first-order chi connectivity index (χ1) is 10.2. The first kappa shape index (κ1) is 15.7. The molecule has 110 valence electrons. The van der Waals surface area contributed by atoms with E-state index in [1.54, 1.807) is 36.0 Å². The molecule has 0 aliphatic rings. The molecule has 0 spiro atoms. The molecular weight excluding hydrogens is 304 g/mol. The van der Waals surface area contributed by atoms with Crippen molar-refractivity contribution in [1.29, 1.82) is 0 Å². The van der Waals surface area contributed by atoms with Crippen molar-refractivity contribution < 1.29 is 4.79 Å². The summed E-state index contributed by atoms with van der Waals surface area (Å²) < 4.78 is 0. The van der Waals surface area contributed by atoms with Gasteiger partial charge in [0.05, 0.1) is 0 Å². The first-order valence-corrected chi connectivity index (χ1v) is 8.19. The molecule has 0 unspecified atom stereocenters. The van der Waals surface area contributed by atoms with Crippen LogP contribution in [0.4, 0.5) is 10.5 Å². The molecule has 3 nitrogen and oxygen atoms in total. The summed E-state index contributed by atoms with van der Waals surface area (Å²) in [6, 6.07) is 17.1. The van der Waals surface area contributed by atoms with Gasteiger partial charge in [0.25, 0.3) is 0 Å². The average molecular weight is 321 g/mol. The Morgan fingerprint density at radius 1 is 1.05 bits per heavy atom. The van der Waals surface area contributed by atoms with E-state index in [1.807, 2.05) is 18.2 Å². The second kappa shape index (κ2) is 8.60. The van der Waals surface area contributed by atoms with Crippen molar-refractivity contribution >= 4 is 35.1 Å². The molecule has 0 aliphatic heterocycles. The molecule has 0 saturated heterocycles. The fourth-order valence-corrected chi connectivity index (χ4v) is 2.65. The van der Waals surface area contributed by atoms with E-state index in [2.05, 4.69) is 22.8 Å². The van der Waals surface area contributed by atoms with Crippen LogP contribution >= 0.6 is 23.4 Å². The van der Waals surface area contributed by atoms with Gasteiger partial charge in [-0.15, -0.1) is 0 Å². The average Bonchev–Trinajstić information content (AvgIpc) is 2.50. The van der Waals surface area contributed by atoms with Crippen LogP contribution in [0.25, 0.3) is 0 Å². The highest BCUT2D eigenvalue weighted by atomic mass is 35.5. The van der Waals surface area contributed by atoms with Gasteiger partial charge in [-0.05, 0) is 29.8 Å². The van der Waals surface area contributed by atoms with Crippen LogP contribution in [-0.2, 0) is 5.75 Å². The number of benzene rings is 2. The van der Waals surface area contributed by atoms with Gasteiger partial charge in [-0.25, -0.2) is 4.79 Å². The Hall–Kier alpha value is -1.65. The molecule has 21 heavy (non-hydrogen) atoms. The zero-order valence-electron chi connectivity index (χ0n) is 11.5. The van der Waals surface area contributed by atoms with E-state index in [-0.39, 0.29) is 6.03 Å². The lowest BCUT2D eigenvalue weighted by Gasteiger charge is -2.07. The number of hydrogen-bond acceptors (Lipinski definition) is 2. The zero-order valence-corrected chi connectivity index (χ0v) is 13.1. The Labute approximate surface area is 134 Å². The van der Waals surface area contributed by atoms with E-state index >= 15 is 0 Å². The van der Waals surface area contributed by atoms with Crippen LogP contribution in [0.3, 0.4) is 0 Å². The number of urea groups is 1. The largest absolute Gasteiger partial charge is 0.337 e. The lowest BCUT2D eigenvalue weighted by atomic mass is 10.2. The molecule has 2 rings (SSSR count). The molecule has 0 aromatic heterocycles. The van der Waals surface area contributed by atoms with Gasteiger partial charge in [0.1, 0.15) is 0 Å². The lowest BCUT2D eigenvalue weighted by Crippen LogP contribution is -2.30. The third-order valence-corrected chi connectivity index (χ3v) is 4.03. The molecule has 2 N–H and O–H groups in total. The van der Waals surface area contributed by atoms with Gasteiger partial charge in [-0.3, -0.25) is 0 Å². The van der Waals surface area contributed by atoms with E-state index in [0.717, 1.165) is 17.2 Å². The molecule has 2 aromatic carbocycles. The predicted molar refractivity (Wildman–Crippen MR) is 91.1 cm³/mol. The SMILES string of the molecule is O=C(NCCSCc1ccccc1)Nc1ccc(Cl)cc1. The normalized spacial score (nSPS) is 10.1. The monoisotopic (exact) mass is 320 g/mol. The van der Waals surface area contributed by atoms with E-state index in [1.165, 1.54) is 5.56 Å². The smallest absolute Gasteiger partial charge is 0.319 e. The highest BCUT2D eigenvalue weighted by Gasteiger charge is 2.00. The van der Waals surface area contributed by atoms with Crippen molar-refractivity contribution in [3.05, 3.63) is 65.2 Å². The van der Waals surface area contributed by atoms with Crippen LogP contribution in [-0.4, -0.2) is 18.3 Å². The minimum Gasteiger partial charge on any atom is -0.337 e. The molecule has 0 bridgehead atoms. The van der Waals surface area contributed by atoms with E-state index in [0.29, 0.717) is 11.6 Å². The van der Waals surface area contributed by atoms with Gasteiger partial charge >= 0.3 is 6.03 Å². The van der Waals surface area contributed by atoms with Crippen LogP contribution in [0.2, 0.25) is 5.02 Å². The highest BCUT2D eigenvalue weighted by Crippen LogP contribution is 2.13. The minimum atomic E-state index is -0.197. The number of thioether (sulfide) groups is 1. The maximum absolute atomic E-state index is 11.7. The Balaban J connectivity index is 1.60. The molecule has 0 saturated carbocycles. The van der Waals surface area contributed by atoms with Crippen molar-refractivity contribution in [3.8, 4) is 0 Å². The minimum absolute atomic E-state index is 0.197. The van der Waals surface area contributed by atoms with Crippen molar-refractivity contribution in [1.82, 2.24) is 5.32 Å². The Kier molecular flexibility index (Phi) is 6.44. The van der Waals surface area contributed by atoms with Crippen molar-refractivity contribution in [2.75, 3.05) is 17.6 Å². The lowest BCUT2D eigenvalue weighted by molar-refractivity contribution is 0.252. The summed E-state index contributed by atoms with van der Waals surface area (Å²) >= 11 is 7.58. The molecule has 0 fully saturated rings. The molecule has 2 amide bonds. The number of anilines is 1. The zero-order chi connectivity index (χ0) is 14.9. The number of amides is 2. The maximum Gasteiger partial charge on any atom is 0.319 e. The molecule has 2 aromatic rings. The second-order valence-corrected chi connectivity index (χ2v) is 5.97. The molecular formula is C16H17ClN2OS. The van der Waals surface area contributed by atoms with Gasteiger partial charge in [-0.1, -0.05) is 41.9 Å². The van der Waals surface area contributed by atoms with Gasteiger partial charge in [0.2, 0.25) is 0 Å². The molecule has 0 atom stereocenters. The summed E-state index contributed by atoms with van der Waals surface area (Å²) in [6.45, 7) is 0.636. The van der Waals surface area contributed by atoms with E-state index < -0.39 is 0 Å². The quantitative estimate of drug-likeness (QED) is 0.775. The standard InChI is InChI=1S/C16H17ClN2OS/c17-14-6-8-15(9-7-14)19-16(20)18-10-11-21-12-13-4-2-1-3-5-13/h1-9H,10-12H2,(H2,18,19,20). The van der Waals surface area contributed by atoms with E-state index in [9.17, 15) is 4.79 Å². The Bertz CT molecular complexity index is 560. The van der Waals surface area contributed by atoms with E-state index in [4.69, 9.17) is 11.6 Å². The van der Waals surface area contributed by atoms with Gasteiger partial charge in [0, 0.05) is 28.8 Å². The fourth-order valence-electron chi connectivity index (χ4n) is 1.71. The number of nitrogens with one attached hydrogen (secondary N) is 2. The Morgan fingerprint density at radius 3 is 2.48 bits per heavy atom. The third-order valence-electron chi connectivity index (χ3n) is 2.75. The summed E-state index contributed by atoms with van der Waals surface area (Å²) in [5.74, 6) is 1.84. The number of carbonyl (C=O) groups is 1. The summed E-state index contributed by atoms with van der Waals surface area (Å²) in [6.07, 6.45) is 0. The second-order valence-electron chi connectivity index (χ2n) is 4.43. The van der Waals surface area contributed by atoms with Crippen molar-refractivity contribution in [2.45, 2.75) is 5.75 Å². The number of rotatable bonds is 6. The third kappa shape index (κ3) is 6.10. The van der Waals surface area contributed by atoms with Crippen LogP contribution < -0.4 is 10.6 Å².